The predicted octanol–water partition coefficient (Wildman–Crippen LogP) is 3.60. The Hall–Kier alpha value is -1.71. The fraction of sp³-hybridized carbons (Fsp3) is 0.619. The van der Waals surface area contributed by atoms with Crippen LogP contribution in [0.2, 0.25) is 0 Å². The number of nitrogens with zero attached hydrogens (tertiary/aromatic N) is 1. The molecule has 1 heterocycles. The number of amides is 1. The highest BCUT2D eigenvalue weighted by Gasteiger charge is 2.35. The smallest absolute Gasteiger partial charge is 0.407 e. The first-order chi connectivity index (χ1) is 13.4. The van der Waals surface area contributed by atoms with Crippen molar-refractivity contribution >= 4 is 36.0 Å². The molecule has 1 saturated carbocycles. The van der Waals surface area contributed by atoms with Crippen molar-refractivity contribution < 1.29 is 14.3 Å². The molecule has 162 valence electrons. The molecular weight excluding hydrogens is 483 g/mol. The molecule has 3 N–H and O–H groups in total. The molecule has 2 aliphatic rings. The zero-order valence-electron chi connectivity index (χ0n) is 17.7. The first-order valence-electron chi connectivity index (χ1n) is 10.1. The largest absolute Gasteiger partial charge is 0.487 e. The van der Waals surface area contributed by atoms with Gasteiger partial charge in [0.25, 0.3) is 0 Å². The molecule has 0 saturated heterocycles. The van der Waals surface area contributed by atoms with Crippen molar-refractivity contribution in [1.29, 1.82) is 0 Å². The van der Waals surface area contributed by atoms with Gasteiger partial charge in [-0.3, -0.25) is 4.99 Å². The van der Waals surface area contributed by atoms with Gasteiger partial charge in [0.15, 0.2) is 5.96 Å². The van der Waals surface area contributed by atoms with E-state index in [1.165, 1.54) is 0 Å². The van der Waals surface area contributed by atoms with Crippen LogP contribution >= 0.6 is 24.0 Å². The van der Waals surface area contributed by atoms with Crippen LogP contribution in [0.25, 0.3) is 0 Å². The number of hydrogen-bond donors (Lipinski definition) is 3. The number of carbonyl (C=O) groups excluding carboxylic acids is 1. The maximum absolute atomic E-state index is 11.8. The summed E-state index contributed by atoms with van der Waals surface area (Å²) in [5.41, 5.74) is 0.876. The van der Waals surface area contributed by atoms with Crippen LogP contribution in [0.15, 0.2) is 29.3 Å². The molecule has 8 heteroatoms. The van der Waals surface area contributed by atoms with Crippen LogP contribution in [0.5, 0.6) is 5.75 Å². The molecule has 2 atom stereocenters. The third kappa shape index (κ3) is 6.65. The first kappa shape index (κ1) is 23.6. The van der Waals surface area contributed by atoms with Gasteiger partial charge in [-0.1, -0.05) is 18.2 Å². The number of guanidine groups is 1. The van der Waals surface area contributed by atoms with Gasteiger partial charge in [-0.2, -0.15) is 0 Å². The molecular formula is C21H33IN4O3. The number of ether oxygens (including phenoxy) is 2. The SMILES string of the molecule is CCOC(=O)NC(CNC(=NC)NC1CC(C)(C)Oc2ccccc21)C1CC1.I. The van der Waals surface area contributed by atoms with Crippen LogP contribution in [0.1, 0.15) is 51.6 Å². The molecule has 7 nitrogen and oxygen atoms in total. The van der Waals surface area contributed by atoms with Gasteiger partial charge in [-0.15, -0.1) is 24.0 Å². The van der Waals surface area contributed by atoms with Crippen LogP contribution in [0.3, 0.4) is 0 Å². The number of fused-ring (bicyclic) bond motifs is 1. The average molecular weight is 516 g/mol. The Kier molecular flexibility index (Phi) is 8.42. The number of para-hydroxylation sites is 1. The third-order valence-corrected chi connectivity index (χ3v) is 5.17. The molecule has 1 aromatic rings. The number of aliphatic imine (C=N–C) groups is 1. The van der Waals surface area contributed by atoms with Gasteiger partial charge < -0.3 is 25.4 Å². The van der Waals surface area contributed by atoms with E-state index in [-0.39, 0.29) is 47.8 Å². The van der Waals surface area contributed by atoms with Crippen molar-refractivity contribution in [2.75, 3.05) is 20.2 Å². The Morgan fingerprint density at radius 2 is 2.07 bits per heavy atom. The Morgan fingerprint density at radius 1 is 1.34 bits per heavy atom. The zero-order valence-corrected chi connectivity index (χ0v) is 20.0. The van der Waals surface area contributed by atoms with Gasteiger partial charge in [-0.25, -0.2) is 4.79 Å². The molecule has 0 bridgehead atoms. The van der Waals surface area contributed by atoms with Crippen LogP contribution in [0.4, 0.5) is 4.79 Å². The van der Waals surface area contributed by atoms with Crippen molar-refractivity contribution in [1.82, 2.24) is 16.0 Å². The molecule has 0 spiro atoms. The summed E-state index contributed by atoms with van der Waals surface area (Å²) >= 11 is 0. The molecule has 1 aliphatic carbocycles. The Balaban J connectivity index is 0.00000300. The molecule has 1 aromatic carbocycles. The molecule has 1 amide bonds. The van der Waals surface area contributed by atoms with E-state index < -0.39 is 0 Å². The summed E-state index contributed by atoms with van der Waals surface area (Å²) in [4.78, 5) is 16.2. The lowest BCUT2D eigenvalue weighted by Crippen LogP contribution is -2.50. The number of nitrogens with one attached hydrogen (secondary N) is 3. The normalized spacial score (nSPS) is 21.0. The van der Waals surface area contributed by atoms with Gasteiger partial charge in [-0.05, 0) is 45.6 Å². The summed E-state index contributed by atoms with van der Waals surface area (Å²) in [6, 6.07) is 8.25. The molecule has 1 aliphatic heterocycles. The highest BCUT2D eigenvalue weighted by molar-refractivity contribution is 14.0. The fourth-order valence-electron chi connectivity index (χ4n) is 3.66. The van der Waals surface area contributed by atoms with Gasteiger partial charge in [0.2, 0.25) is 0 Å². The highest BCUT2D eigenvalue weighted by Crippen LogP contribution is 2.39. The average Bonchev–Trinajstić information content (AvgIpc) is 3.48. The van der Waals surface area contributed by atoms with E-state index in [1.807, 2.05) is 25.1 Å². The van der Waals surface area contributed by atoms with E-state index in [2.05, 4.69) is 40.9 Å². The first-order valence-corrected chi connectivity index (χ1v) is 10.1. The molecule has 29 heavy (non-hydrogen) atoms. The fourth-order valence-corrected chi connectivity index (χ4v) is 3.66. The van der Waals surface area contributed by atoms with E-state index in [4.69, 9.17) is 9.47 Å². The number of carbonyl (C=O) groups is 1. The minimum Gasteiger partial charge on any atom is -0.487 e. The highest BCUT2D eigenvalue weighted by atomic mass is 127. The minimum atomic E-state index is -0.357. The van der Waals surface area contributed by atoms with Gasteiger partial charge in [0.05, 0.1) is 18.7 Å². The van der Waals surface area contributed by atoms with Gasteiger partial charge in [0.1, 0.15) is 11.4 Å². The minimum absolute atomic E-state index is 0. The Morgan fingerprint density at radius 3 is 2.72 bits per heavy atom. The van der Waals surface area contributed by atoms with Crippen molar-refractivity contribution in [3.63, 3.8) is 0 Å². The second-order valence-corrected chi connectivity index (χ2v) is 8.06. The van der Waals surface area contributed by atoms with E-state index in [9.17, 15) is 4.79 Å². The Labute approximate surface area is 190 Å². The van der Waals surface area contributed by atoms with Crippen molar-refractivity contribution in [3.8, 4) is 5.75 Å². The number of rotatable bonds is 6. The lowest BCUT2D eigenvalue weighted by Gasteiger charge is -2.38. The van der Waals surface area contributed by atoms with E-state index in [0.717, 1.165) is 30.6 Å². The molecule has 1 fully saturated rings. The third-order valence-electron chi connectivity index (χ3n) is 5.17. The topological polar surface area (TPSA) is 84.0 Å². The van der Waals surface area contributed by atoms with Crippen molar-refractivity contribution in [2.45, 2.75) is 57.7 Å². The quantitative estimate of drug-likeness (QED) is 0.306. The van der Waals surface area contributed by atoms with E-state index in [1.54, 1.807) is 7.05 Å². The monoisotopic (exact) mass is 516 g/mol. The maximum atomic E-state index is 11.8. The molecule has 3 rings (SSSR count). The Bertz CT molecular complexity index is 722. The van der Waals surface area contributed by atoms with Gasteiger partial charge in [0, 0.05) is 25.6 Å². The van der Waals surface area contributed by atoms with Crippen molar-refractivity contribution in [2.24, 2.45) is 10.9 Å². The predicted molar refractivity (Wildman–Crippen MR) is 125 cm³/mol. The summed E-state index contributed by atoms with van der Waals surface area (Å²) < 4.78 is 11.1. The second-order valence-electron chi connectivity index (χ2n) is 8.06. The van der Waals surface area contributed by atoms with E-state index in [0.29, 0.717) is 25.0 Å². The van der Waals surface area contributed by atoms with Crippen molar-refractivity contribution in [3.05, 3.63) is 29.8 Å². The zero-order chi connectivity index (χ0) is 20.1. The van der Waals surface area contributed by atoms with Crippen LogP contribution in [-0.2, 0) is 4.74 Å². The maximum Gasteiger partial charge on any atom is 0.407 e. The van der Waals surface area contributed by atoms with Crippen LogP contribution in [-0.4, -0.2) is 43.9 Å². The molecule has 0 radical (unpaired) electrons. The number of hydrogen-bond acceptors (Lipinski definition) is 4. The lowest BCUT2D eigenvalue weighted by atomic mass is 9.90. The summed E-state index contributed by atoms with van der Waals surface area (Å²) in [7, 11) is 1.76. The molecule has 0 aromatic heterocycles. The lowest BCUT2D eigenvalue weighted by molar-refractivity contribution is 0.0694. The molecule has 2 unspecified atom stereocenters. The van der Waals surface area contributed by atoms with Gasteiger partial charge >= 0.3 is 6.09 Å². The summed E-state index contributed by atoms with van der Waals surface area (Å²) in [6.45, 7) is 6.99. The van der Waals surface area contributed by atoms with Crippen LogP contribution in [0, 0.1) is 5.92 Å². The van der Waals surface area contributed by atoms with E-state index >= 15 is 0 Å². The number of halogens is 1. The number of benzene rings is 1. The summed E-state index contributed by atoms with van der Waals surface area (Å²) in [6.07, 6.45) is 2.74. The van der Waals surface area contributed by atoms with Crippen LogP contribution < -0.4 is 20.7 Å². The summed E-state index contributed by atoms with van der Waals surface area (Å²) in [5.74, 6) is 2.12. The standard InChI is InChI=1S/C21H32N4O3.HI/c1-5-27-20(26)25-17(14-10-11-14)13-23-19(22-4)24-16-12-21(2,3)28-18-9-7-6-8-15(16)18;/h6-9,14,16-17H,5,10-13H2,1-4H3,(H,25,26)(H2,22,23,24);1H. The number of alkyl carbamates (subject to hydrolysis) is 1. The second kappa shape index (κ2) is 10.4. The summed E-state index contributed by atoms with van der Waals surface area (Å²) in [5, 5.41) is 9.86.